The molecular formula is C15H20FNO5. The summed E-state index contributed by atoms with van der Waals surface area (Å²) in [5.41, 5.74) is -0.0862. The topological polar surface area (TPSA) is 84.9 Å². The van der Waals surface area contributed by atoms with Gasteiger partial charge < -0.3 is 19.9 Å². The molecule has 0 aromatic heterocycles. The summed E-state index contributed by atoms with van der Waals surface area (Å²) in [6.45, 7) is 4.60. The third-order valence-corrected chi connectivity index (χ3v) is 2.47. The number of hydrogen-bond acceptors (Lipinski definition) is 4. The summed E-state index contributed by atoms with van der Waals surface area (Å²) in [4.78, 5) is 22.3. The minimum Gasteiger partial charge on any atom is -0.480 e. The number of carbonyl (C=O) groups excluding carboxylic acids is 1. The van der Waals surface area contributed by atoms with Gasteiger partial charge in [0.05, 0.1) is 12.6 Å². The summed E-state index contributed by atoms with van der Waals surface area (Å²) in [5, 5.41) is 11.2. The highest BCUT2D eigenvalue weighted by atomic mass is 19.1. The molecule has 6 nitrogen and oxygen atoms in total. The van der Waals surface area contributed by atoms with E-state index in [1.165, 1.54) is 24.3 Å². The first-order valence-corrected chi connectivity index (χ1v) is 6.72. The zero-order chi connectivity index (χ0) is 16.8. The van der Waals surface area contributed by atoms with Crippen molar-refractivity contribution in [2.24, 2.45) is 0 Å². The molecule has 0 saturated heterocycles. The van der Waals surface area contributed by atoms with E-state index in [0.29, 0.717) is 5.56 Å². The Bertz CT molecular complexity index is 510. The predicted octanol–water partition coefficient (Wildman–Crippen LogP) is 2.49. The van der Waals surface area contributed by atoms with Crippen LogP contribution < -0.4 is 5.32 Å². The molecule has 2 N–H and O–H groups in total. The van der Waals surface area contributed by atoms with Crippen molar-refractivity contribution in [2.75, 3.05) is 13.2 Å². The van der Waals surface area contributed by atoms with Crippen LogP contribution in [-0.2, 0) is 14.3 Å². The van der Waals surface area contributed by atoms with E-state index in [2.05, 4.69) is 5.32 Å². The second kappa shape index (κ2) is 7.74. The van der Waals surface area contributed by atoms with E-state index in [1.54, 1.807) is 20.8 Å². The Balaban J connectivity index is 2.75. The fraction of sp³-hybridized carbons (Fsp3) is 0.467. The number of carboxylic acid groups (broad SMARTS) is 1. The van der Waals surface area contributed by atoms with Gasteiger partial charge in [-0.15, -0.1) is 0 Å². The van der Waals surface area contributed by atoms with Crippen LogP contribution in [0.4, 0.5) is 9.18 Å². The van der Waals surface area contributed by atoms with Gasteiger partial charge in [0.2, 0.25) is 0 Å². The van der Waals surface area contributed by atoms with Gasteiger partial charge in [-0.25, -0.2) is 14.0 Å². The predicted molar refractivity (Wildman–Crippen MR) is 77.0 cm³/mol. The monoisotopic (exact) mass is 313 g/mol. The number of hydrogen-bond donors (Lipinski definition) is 2. The first-order valence-electron chi connectivity index (χ1n) is 6.72. The molecule has 7 heteroatoms. The fourth-order valence-electron chi connectivity index (χ4n) is 1.63. The lowest BCUT2D eigenvalue weighted by atomic mass is 10.1. The molecule has 0 heterocycles. The maximum atomic E-state index is 13.0. The Morgan fingerprint density at radius 2 is 1.86 bits per heavy atom. The average Bonchev–Trinajstić information content (AvgIpc) is 2.36. The van der Waals surface area contributed by atoms with Gasteiger partial charge in [-0.3, -0.25) is 0 Å². The Hall–Kier alpha value is -2.15. The van der Waals surface area contributed by atoms with E-state index in [0.717, 1.165) is 0 Å². The summed E-state index contributed by atoms with van der Waals surface area (Å²) in [6.07, 6.45) is -0.666. The van der Waals surface area contributed by atoms with Gasteiger partial charge in [0.1, 0.15) is 18.0 Å². The SMILES string of the molecule is CC(C)(C)OC(=O)N[C@@H](COCC(=O)O)c1ccc(F)cc1. The molecule has 0 radical (unpaired) electrons. The summed E-state index contributed by atoms with van der Waals surface area (Å²) in [7, 11) is 0. The quantitative estimate of drug-likeness (QED) is 0.843. The van der Waals surface area contributed by atoms with Crippen molar-refractivity contribution >= 4 is 12.1 Å². The number of aliphatic carboxylic acids is 1. The molecule has 0 aliphatic rings. The summed E-state index contributed by atoms with van der Waals surface area (Å²) < 4.78 is 23.1. The van der Waals surface area contributed by atoms with E-state index < -0.39 is 36.1 Å². The molecule has 1 amide bonds. The Kier molecular flexibility index (Phi) is 6.30. The number of benzene rings is 1. The van der Waals surface area contributed by atoms with E-state index in [9.17, 15) is 14.0 Å². The van der Waals surface area contributed by atoms with Crippen LogP contribution in [0.5, 0.6) is 0 Å². The number of amides is 1. The van der Waals surface area contributed by atoms with Crippen LogP contribution in [0.3, 0.4) is 0 Å². The standard InChI is InChI=1S/C15H20FNO5/c1-15(2,3)22-14(20)17-12(8-21-9-13(18)19)10-4-6-11(16)7-5-10/h4-7,12H,8-9H2,1-3H3,(H,17,20)(H,18,19)/t12-/m0/s1. The minimum absolute atomic E-state index is 0.0722. The van der Waals surface area contributed by atoms with Gasteiger partial charge in [-0.2, -0.15) is 0 Å². The van der Waals surface area contributed by atoms with E-state index in [1.807, 2.05) is 0 Å². The van der Waals surface area contributed by atoms with Crippen LogP contribution in [0.2, 0.25) is 0 Å². The molecule has 1 rings (SSSR count). The zero-order valence-electron chi connectivity index (χ0n) is 12.8. The molecule has 122 valence electrons. The van der Waals surface area contributed by atoms with Crippen LogP contribution in [0.15, 0.2) is 24.3 Å². The third-order valence-electron chi connectivity index (χ3n) is 2.47. The normalized spacial score (nSPS) is 12.5. The van der Waals surface area contributed by atoms with Crippen LogP contribution in [-0.4, -0.2) is 36.0 Å². The molecule has 0 unspecified atom stereocenters. The van der Waals surface area contributed by atoms with E-state index in [-0.39, 0.29) is 6.61 Å². The summed E-state index contributed by atoms with van der Waals surface area (Å²) >= 11 is 0. The van der Waals surface area contributed by atoms with Gasteiger partial charge in [-0.1, -0.05) is 12.1 Å². The number of alkyl carbamates (subject to hydrolysis) is 1. The first-order chi connectivity index (χ1) is 10.2. The number of ether oxygens (including phenoxy) is 2. The Morgan fingerprint density at radius 1 is 1.27 bits per heavy atom. The summed E-state index contributed by atoms with van der Waals surface area (Å²) in [5.74, 6) is -1.53. The molecule has 0 saturated carbocycles. The number of rotatable bonds is 6. The highest BCUT2D eigenvalue weighted by Crippen LogP contribution is 2.16. The molecule has 1 aromatic carbocycles. The molecular weight excluding hydrogens is 293 g/mol. The second-order valence-electron chi connectivity index (χ2n) is 5.66. The van der Waals surface area contributed by atoms with Crippen LogP contribution in [0, 0.1) is 5.82 Å². The van der Waals surface area contributed by atoms with Gasteiger partial charge >= 0.3 is 12.1 Å². The van der Waals surface area contributed by atoms with Crippen molar-refractivity contribution in [1.82, 2.24) is 5.32 Å². The lowest BCUT2D eigenvalue weighted by Crippen LogP contribution is -2.37. The van der Waals surface area contributed by atoms with Crippen LogP contribution in [0.25, 0.3) is 0 Å². The van der Waals surface area contributed by atoms with Crippen molar-refractivity contribution in [3.63, 3.8) is 0 Å². The van der Waals surface area contributed by atoms with E-state index >= 15 is 0 Å². The minimum atomic E-state index is -1.12. The average molecular weight is 313 g/mol. The van der Waals surface area contributed by atoms with Crippen molar-refractivity contribution in [3.05, 3.63) is 35.6 Å². The van der Waals surface area contributed by atoms with Crippen molar-refractivity contribution < 1.29 is 28.6 Å². The van der Waals surface area contributed by atoms with Crippen LogP contribution in [0.1, 0.15) is 32.4 Å². The molecule has 0 aliphatic heterocycles. The highest BCUT2D eigenvalue weighted by molar-refractivity contribution is 5.69. The van der Waals surface area contributed by atoms with Crippen molar-refractivity contribution in [2.45, 2.75) is 32.4 Å². The van der Waals surface area contributed by atoms with E-state index in [4.69, 9.17) is 14.6 Å². The van der Waals surface area contributed by atoms with Gasteiger partial charge in [0.15, 0.2) is 0 Å². The fourth-order valence-corrected chi connectivity index (χ4v) is 1.63. The maximum absolute atomic E-state index is 13.0. The lowest BCUT2D eigenvalue weighted by Gasteiger charge is -2.23. The van der Waals surface area contributed by atoms with Crippen molar-refractivity contribution in [3.8, 4) is 0 Å². The van der Waals surface area contributed by atoms with Gasteiger partial charge in [0.25, 0.3) is 0 Å². The largest absolute Gasteiger partial charge is 0.480 e. The molecule has 1 atom stereocenters. The Labute approximate surface area is 128 Å². The molecule has 0 spiro atoms. The lowest BCUT2D eigenvalue weighted by molar-refractivity contribution is -0.142. The number of halogens is 1. The molecule has 1 aromatic rings. The summed E-state index contributed by atoms with van der Waals surface area (Å²) in [6, 6.07) is 4.82. The third kappa shape index (κ3) is 7.03. The molecule has 0 fully saturated rings. The van der Waals surface area contributed by atoms with Gasteiger partial charge in [-0.05, 0) is 38.5 Å². The zero-order valence-corrected chi connectivity index (χ0v) is 12.8. The number of carboxylic acids is 1. The smallest absolute Gasteiger partial charge is 0.408 e. The van der Waals surface area contributed by atoms with Crippen LogP contribution >= 0.6 is 0 Å². The molecule has 0 aliphatic carbocycles. The molecule has 0 bridgehead atoms. The first kappa shape index (κ1) is 17.9. The Morgan fingerprint density at radius 3 is 2.36 bits per heavy atom. The molecule has 22 heavy (non-hydrogen) atoms. The second-order valence-corrected chi connectivity index (χ2v) is 5.66. The number of carbonyl (C=O) groups is 2. The highest BCUT2D eigenvalue weighted by Gasteiger charge is 2.21. The van der Waals surface area contributed by atoms with Gasteiger partial charge in [0, 0.05) is 0 Å². The number of nitrogens with one attached hydrogen (secondary N) is 1. The van der Waals surface area contributed by atoms with Crippen molar-refractivity contribution in [1.29, 1.82) is 0 Å². The maximum Gasteiger partial charge on any atom is 0.408 e.